The molecule has 0 heterocycles. The van der Waals surface area contributed by atoms with Crippen molar-refractivity contribution >= 4 is 23.6 Å². The molecule has 3 nitrogen and oxygen atoms in total. The van der Waals surface area contributed by atoms with Crippen molar-refractivity contribution in [1.29, 1.82) is 0 Å². The van der Waals surface area contributed by atoms with Crippen molar-refractivity contribution < 1.29 is 10.0 Å². The molecule has 0 saturated carbocycles. The molecule has 2 aromatic rings. The second-order valence-corrected chi connectivity index (χ2v) is 4.54. The van der Waals surface area contributed by atoms with Crippen molar-refractivity contribution in [2.75, 3.05) is 0 Å². The maximum absolute atomic E-state index is 11.6. The Balaban J connectivity index is 2.29. The van der Waals surface area contributed by atoms with E-state index in [4.69, 9.17) is 5.21 Å². The fourth-order valence-electron chi connectivity index (χ4n) is 2.42. The minimum atomic E-state index is -0.536. The number of carbonyl (C=O) groups is 1. The molecule has 20 heavy (non-hydrogen) atoms. The molecule has 98 valence electrons. The molecule has 0 fully saturated rings. The van der Waals surface area contributed by atoms with Crippen LogP contribution in [0.4, 0.5) is 0 Å². The van der Waals surface area contributed by atoms with E-state index in [9.17, 15) is 4.79 Å². The second-order valence-electron chi connectivity index (χ2n) is 4.54. The van der Waals surface area contributed by atoms with Gasteiger partial charge < -0.3 is 0 Å². The predicted molar refractivity (Wildman–Crippen MR) is 78.8 cm³/mol. The van der Waals surface area contributed by atoms with Crippen LogP contribution in [0.3, 0.4) is 0 Å². The number of amides is 1. The van der Waals surface area contributed by atoms with Gasteiger partial charge in [-0.05, 0) is 27.8 Å². The quantitative estimate of drug-likeness (QED) is 0.402. The van der Waals surface area contributed by atoms with Gasteiger partial charge in [-0.25, -0.2) is 5.48 Å². The minimum Gasteiger partial charge on any atom is -0.288 e. The van der Waals surface area contributed by atoms with Crippen molar-refractivity contribution in [3.05, 3.63) is 76.9 Å². The van der Waals surface area contributed by atoms with E-state index in [1.54, 1.807) is 5.48 Å². The summed E-state index contributed by atoms with van der Waals surface area (Å²) >= 11 is 0. The number of hydrogen-bond donors (Lipinski definition) is 2. The Morgan fingerprint density at radius 2 is 1.40 bits per heavy atom. The summed E-state index contributed by atoms with van der Waals surface area (Å²) in [5, 5.41) is 8.77. The third-order valence-electron chi connectivity index (χ3n) is 3.33. The van der Waals surface area contributed by atoms with Gasteiger partial charge in [0.05, 0.1) is 0 Å². The normalized spacial score (nSPS) is 12.2. The third kappa shape index (κ3) is 2.15. The van der Waals surface area contributed by atoms with Crippen molar-refractivity contribution in [1.82, 2.24) is 5.48 Å². The first-order chi connectivity index (χ1) is 9.79. The van der Waals surface area contributed by atoms with E-state index in [-0.39, 0.29) is 0 Å². The standard InChI is InChI=1S/C17H13NO2/c19-17(18-20)11-16-14-7-3-1-5-12(14)9-10-13-6-2-4-8-15(13)16/h1-11,20H,(H,18,19). The summed E-state index contributed by atoms with van der Waals surface area (Å²) in [6.07, 6.45) is 5.49. The molecule has 1 aliphatic carbocycles. The molecule has 3 heteroatoms. The van der Waals surface area contributed by atoms with E-state index in [1.807, 2.05) is 60.7 Å². The van der Waals surface area contributed by atoms with Gasteiger partial charge in [0.15, 0.2) is 0 Å². The maximum Gasteiger partial charge on any atom is 0.267 e. The Labute approximate surface area is 116 Å². The molecule has 0 aromatic heterocycles. The number of nitrogens with one attached hydrogen (secondary N) is 1. The van der Waals surface area contributed by atoms with Crippen LogP contribution in [-0.4, -0.2) is 11.1 Å². The number of carbonyl (C=O) groups excluding carboxylic acids is 1. The first-order valence-corrected chi connectivity index (χ1v) is 6.32. The topological polar surface area (TPSA) is 49.3 Å². The molecule has 2 aromatic carbocycles. The highest BCUT2D eigenvalue weighted by atomic mass is 16.5. The fourth-order valence-corrected chi connectivity index (χ4v) is 2.42. The van der Waals surface area contributed by atoms with Gasteiger partial charge in [-0.15, -0.1) is 0 Å². The Morgan fingerprint density at radius 3 is 1.90 bits per heavy atom. The van der Waals surface area contributed by atoms with E-state index >= 15 is 0 Å². The summed E-state index contributed by atoms with van der Waals surface area (Å²) in [6.45, 7) is 0. The number of fused-ring (bicyclic) bond motifs is 2. The van der Waals surface area contributed by atoms with E-state index in [1.165, 1.54) is 6.08 Å². The van der Waals surface area contributed by atoms with E-state index < -0.39 is 5.91 Å². The molecular weight excluding hydrogens is 250 g/mol. The van der Waals surface area contributed by atoms with Crippen LogP contribution in [0, 0.1) is 0 Å². The smallest absolute Gasteiger partial charge is 0.267 e. The van der Waals surface area contributed by atoms with E-state index in [0.717, 1.165) is 27.8 Å². The lowest BCUT2D eigenvalue weighted by molar-refractivity contribution is -0.124. The van der Waals surface area contributed by atoms with Crippen molar-refractivity contribution in [2.45, 2.75) is 0 Å². The van der Waals surface area contributed by atoms with Gasteiger partial charge in [0, 0.05) is 6.08 Å². The first-order valence-electron chi connectivity index (χ1n) is 6.32. The Hall–Kier alpha value is -2.65. The summed E-state index contributed by atoms with van der Waals surface area (Å²) in [5.74, 6) is -0.536. The van der Waals surface area contributed by atoms with Gasteiger partial charge >= 0.3 is 0 Å². The van der Waals surface area contributed by atoms with Crippen LogP contribution in [0.5, 0.6) is 0 Å². The predicted octanol–water partition coefficient (Wildman–Crippen LogP) is 3.11. The highest BCUT2D eigenvalue weighted by molar-refractivity contribution is 6.02. The molecule has 1 amide bonds. The highest BCUT2D eigenvalue weighted by Gasteiger charge is 2.15. The zero-order chi connectivity index (χ0) is 13.9. The fraction of sp³-hybridized carbons (Fsp3) is 0. The molecule has 0 aliphatic heterocycles. The van der Waals surface area contributed by atoms with Crippen LogP contribution in [0.25, 0.3) is 17.7 Å². The van der Waals surface area contributed by atoms with E-state index in [2.05, 4.69) is 0 Å². The summed E-state index contributed by atoms with van der Waals surface area (Å²) in [6, 6.07) is 15.7. The largest absolute Gasteiger partial charge is 0.288 e. The third-order valence-corrected chi connectivity index (χ3v) is 3.33. The van der Waals surface area contributed by atoms with Crippen LogP contribution in [-0.2, 0) is 4.79 Å². The molecule has 0 atom stereocenters. The highest BCUT2D eigenvalue weighted by Crippen LogP contribution is 2.33. The molecule has 2 N–H and O–H groups in total. The lowest BCUT2D eigenvalue weighted by atomic mass is 9.93. The van der Waals surface area contributed by atoms with Crippen molar-refractivity contribution in [3.63, 3.8) is 0 Å². The van der Waals surface area contributed by atoms with Gasteiger partial charge in [-0.1, -0.05) is 60.7 Å². The number of hydroxylamine groups is 1. The molecular formula is C17H13NO2. The zero-order valence-corrected chi connectivity index (χ0v) is 10.7. The average Bonchev–Trinajstić information content (AvgIpc) is 2.65. The number of hydrogen-bond acceptors (Lipinski definition) is 2. The molecule has 0 bridgehead atoms. The summed E-state index contributed by atoms with van der Waals surface area (Å²) in [7, 11) is 0. The van der Waals surface area contributed by atoms with Crippen molar-refractivity contribution in [2.24, 2.45) is 0 Å². The van der Waals surface area contributed by atoms with Crippen LogP contribution in [0.1, 0.15) is 22.3 Å². The Kier molecular flexibility index (Phi) is 3.19. The van der Waals surface area contributed by atoms with Crippen LogP contribution in [0.2, 0.25) is 0 Å². The second kappa shape index (κ2) is 5.15. The lowest BCUT2D eigenvalue weighted by Crippen LogP contribution is -2.16. The van der Waals surface area contributed by atoms with Crippen LogP contribution < -0.4 is 5.48 Å². The Morgan fingerprint density at radius 1 is 0.900 bits per heavy atom. The summed E-state index contributed by atoms with van der Waals surface area (Å²) < 4.78 is 0. The van der Waals surface area contributed by atoms with Gasteiger partial charge in [0.1, 0.15) is 0 Å². The van der Waals surface area contributed by atoms with Gasteiger partial charge in [0.2, 0.25) is 0 Å². The van der Waals surface area contributed by atoms with Gasteiger partial charge in [-0.2, -0.15) is 0 Å². The number of benzene rings is 2. The molecule has 0 radical (unpaired) electrons. The van der Waals surface area contributed by atoms with Crippen molar-refractivity contribution in [3.8, 4) is 0 Å². The summed E-state index contributed by atoms with van der Waals surface area (Å²) in [4.78, 5) is 11.6. The lowest BCUT2D eigenvalue weighted by Gasteiger charge is -2.11. The molecule has 3 rings (SSSR count). The van der Waals surface area contributed by atoms with Gasteiger partial charge in [-0.3, -0.25) is 10.0 Å². The molecule has 0 unspecified atom stereocenters. The van der Waals surface area contributed by atoms with E-state index in [0.29, 0.717) is 0 Å². The Bertz CT molecular complexity index is 678. The maximum atomic E-state index is 11.6. The monoisotopic (exact) mass is 263 g/mol. The number of rotatable bonds is 1. The minimum absolute atomic E-state index is 0.536. The molecule has 1 aliphatic rings. The zero-order valence-electron chi connectivity index (χ0n) is 10.7. The van der Waals surface area contributed by atoms with Gasteiger partial charge in [0.25, 0.3) is 5.91 Å². The first kappa shape index (κ1) is 12.4. The SMILES string of the molecule is O=C(C=C1c2ccccc2C=Cc2ccccc21)NO. The van der Waals surface area contributed by atoms with Crippen LogP contribution >= 0.6 is 0 Å². The molecule has 0 spiro atoms. The summed E-state index contributed by atoms with van der Waals surface area (Å²) in [5.41, 5.74) is 6.48. The molecule has 0 saturated heterocycles. The van der Waals surface area contributed by atoms with Crippen LogP contribution in [0.15, 0.2) is 54.6 Å². The average molecular weight is 263 g/mol.